The number of pyridine rings is 1. The maximum atomic E-state index is 12.9. The molecule has 4 aromatic rings. The minimum atomic E-state index is -0.0304. The van der Waals surface area contributed by atoms with Crippen molar-refractivity contribution in [2.45, 2.75) is 6.92 Å². The molecule has 0 atom stereocenters. The number of hydrogen-bond acceptors (Lipinski definition) is 1. The fourth-order valence-corrected chi connectivity index (χ4v) is 3.93. The molecule has 0 N–H and O–H groups in total. The van der Waals surface area contributed by atoms with Crippen LogP contribution in [0.2, 0.25) is 10.0 Å². The Morgan fingerprint density at radius 3 is 1.89 bits per heavy atom. The van der Waals surface area contributed by atoms with Gasteiger partial charge in [-0.2, -0.15) is 0 Å². The van der Waals surface area contributed by atoms with E-state index in [0.29, 0.717) is 15.6 Å². The van der Waals surface area contributed by atoms with Gasteiger partial charge < -0.3 is 4.57 Å². The van der Waals surface area contributed by atoms with Crippen molar-refractivity contribution in [2.75, 3.05) is 0 Å². The van der Waals surface area contributed by atoms with Crippen LogP contribution in [0.4, 0.5) is 0 Å². The van der Waals surface area contributed by atoms with Crippen molar-refractivity contribution in [1.82, 2.24) is 4.57 Å². The maximum absolute atomic E-state index is 12.9. The summed E-state index contributed by atoms with van der Waals surface area (Å²) in [5.41, 5.74) is 4.96. The van der Waals surface area contributed by atoms with E-state index in [4.69, 9.17) is 23.2 Å². The predicted molar refractivity (Wildman–Crippen MR) is 118 cm³/mol. The fourth-order valence-electron chi connectivity index (χ4n) is 3.40. The van der Waals surface area contributed by atoms with E-state index in [9.17, 15) is 4.79 Å². The highest BCUT2D eigenvalue weighted by Gasteiger charge is 2.17. The number of nitrogens with zero attached hydrogens (tertiary/aromatic N) is 1. The summed E-state index contributed by atoms with van der Waals surface area (Å²) in [6, 6.07) is 26.9. The molecule has 0 radical (unpaired) electrons. The van der Waals surface area contributed by atoms with E-state index in [1.807, 2.05) is 79.7 Å². The molecular formula is C24H17Cl2NO. The van der Waals surface area contributed by atoms with E-state index in [1.165, 1.54) is 0 Å². The van der Waals surface area contributed by atoms with Gasteiger partial charge >= 0.3 is 0 Å². The third-order valence-electron chi connectivity index (χ3n) is 4.68. The average molecular weight is 406 g/mol. The van der Waals surface area contributed by atoms with Gasteiger partial charge in [-0.25, -0.2) is 0 Å². The van der Waals surface area contributed by atoms with Gasteiger partial charge in [0.15, 0.2) is 5.43 Å². The first-order valence-corrected chi connectivity index (χ1v) is 9.64. The van der Waals surface area contributed by atoms with Crippen LogP contribution in [0.25, 0.3) is 28.2 Å². The second-order valence-corrected chi connectivity index (χ2v) is 7.44. The highest BCUT2D eigenvalue weighted by atomic mass is 35.5. The van der Waals surface area contributed by atoms with Crippen LogP contribution >= 0.6 is 23.2 Å². The summed E-state index contributed by atoms with van der Waals surface area (Å²) in [6.45, 7) is 1.86. The van der Waals surface area contributed by atoms with E-state index >= 15 is 0 Å². The van der Waals surface area contributed by atoms with Crippen LogP contribution in [0.3, 0.4) is 0 Å². The number of benzene rings is 3. The van der Waals surface area contributed by atoms with Gasteiger partial charge in [-0.05, 0) is 42.8 Å². The number of halogens is 2. The Bertz CT molecular complexity index is 1180. The molecule has 0 amide bonds. The first-order valence-electron chi connectivity index (χ1n) is 8.88. The molecule has 0 aliphatic rings. The van der Waals surface area contributed by atoms with Crippen molar-refractivity contribution >= 4 is 23.2 Å². The molecule has 0 aliphatic heterocycles. The predicted octanol–water partition coefficient (Wildman–Crippen LogP) is 6.79. The zero-order chi connectivity index (χ0) is 19.7. The molecular weight excluding hydrogens is 389 g/mol. The van der Waals surface area contributed by atoms with Crippen LogP contribution < -0.4 is 5.43 Å². The number of rotatable bonds is 3. The Labute approximate surface area is 173 Å². The fraction of sp³-hybridized carbons (Fsp3) is 0.0417. The summed E-state index contributed by atoms with van der Waals surface area (Å²) in [4.78, 5) is 12.9. The average Bonchev–Trinajstić information content (AvgIpc) is 2.70. The molecule has 0 fully saturated rings. The molecule has 4 heteroatoms. The van der Waals surface area contributed by atoms with E-state index < -0.39 is 0 Å². The van der Waals surface area contributed by atoms with Gasteiger partial charge in [0.1, 0.15) is 0 Å². The highest BCUT2D eigenvalue weighted by Crippen LogP contribution is 2.33. The van der Waals surface area contributed by atoms with Gasteiger partial charge in [-0.1, -0.05) is 71.7 Å². The molecule has 4 rings (SSSR count). The Balaban J connectivity index is 2.15. The Hall–Kier alpha value is -2.81. The number of aromatic nitrogens is 1. The van der Waals surface area contributed by atoms with Gasteiger partial charge in [-0.15, -0.1) is 0 Å². The van der Waals surface area contributed by atoms with Crippen molar-refractivity contribution in [2.24, 2.45) is 0 Å². The summed E-state index contributed by atoms with van der Waals surface area (Å²) in [6.07, 6.45) is 0. The van der Waals surface area contributed by atoms with Gasteiger partial charge in [0.25, 0.3) is 0 Å². The van der Waals surface area contributed by atoms with Crippen molar-refractivity contribution in [3.63, 3.8) is 0 Å². The lowest BCUT2D eigenvalue weighted by Crippen LogP contribution is -2.15. The third-order valence-corrected chi connectivity index (χ3v) is 5.11. The summed E-state index contributed by atoms with van der Waals surface area (Å²) in [5, 5.41) is 1.05. The van der Waals surface area contributed by atoms with E-state index in [1.54, 1.807) is 12.1 Å². The third kappa shape index (κ3) is 3.49. The van der Waals surface area contributed by atoms with Gasteiger partial charge in [0.05, 0.1) is 11.4 Å². The lowest BCUT2D eigenvalue weighted by molar-refractivity contribution is 1.04. The van der Waals surface area contributed by atoms with Gasteiger partial charge in [-0.3, -0.25) is 4.79 Å². The largest absolute Gasteiger partial charge is 0.309 e. The summed E-state index contributed by atoms with van der Waals surface area (Å²) < 4.78 is 2.09. The first-order chi connectivity index (χ1) is 13.5. The van der Waals surface area contributed by atoms with Crippen LogP contribution in [0.5, 0.6) is 0 Å². The molecule has 1 aromatic heterocycles. The Morgan fingerprint density at radius 1 is 0.714 bits per heavy atom. The molecule has 2 nitrogen and oxygen atoms in total. The van der Waals surface area contributed by atoms with Crippen molar-refractivity contribution < 1.29 is 0 Å². The molecule has 0 unspecified atom stereocenters. The standard InChI is InChI=1S/C24H17Cl2NO/c1-16-23(28)15-22(18-12-19(25)14-20(26)13-18)27(21-10-6-3-7-11-21)24(16)17-8-4-2-5-9-17/h2-15H,1H3. The molecule has 0 spiro atoms. The van der Waals surface area contributed by atoms with Crippen LogP contribution in [0.1, 0.15) is 5.56 Å². The number of para-hydroxylation sites is 1. The second kappa shape index (κ2) is 7.67. The molecule has 0 saturated heterocycles. The van der Waals surface area contributed by atoms with Crippen LogP contribution in [-0.2, 0) is 0 Å². The number of hydrogen-bond donors (Lipinski definition) is 0. The maximum Gasteiger partial charge on any atom is 0.185 e. The molecule has 0 aliphatic carbocycles. The van der Waals surface area contributed by atoms with E-state index in [2.05, 4.69) is 4.57 Å². The summed E-state index contributed by atoms with van der Waals surface area (Å²) >= 11 is 12.5. The van der Waals surface area contributed by atoms with Crippen molar-refractivity contribution in [3.8, 4) is 28.2 Å². The first kappa shape index (κ1) is 18.5. The summed E-state index contributed by atoms with van der Waals surface area (Å²) in [7, 11) is 0. The molecule has 0 saturated carbocycles. The Kier molecular flexibility index (Phi) is 5.08. The molecule has 138 valence electrons. The van der Waals surface area contributed by atoms with Crippen LogP contribution in [0.15, 0.2) is 89.7 Å². The minimum absolute atomic E-state index is 0.0304. The summed E-state index contributed by atoms with van der Waals surface area (Å²) in [5.74, 6) is 0. The van der Waals surface area contributed by atoms with Crippen molar-refractivity contribution in [3.05, 3.63) is 111 Å². The second-order valence-electron chi connectivity index (χ2n) is 6.56. The smallest absolute Gasteiger partial charge is 0.185 e. The quantitative estimate of drug-likeness (QED) is 0.367. The molecule has 0 bridgehead atoms. The van der Waals surface area contributed by atoms with Crippen LogP contribution in [0, 0.1) is 6.92 Å². The monoisotopic (exact) mass is 405 g/mol. The van der Waals surface area contributed by atoms with Gasteiger partial charge in [0, 0.05) is 32.9 Å². The van der Waals surface area contributed by atoms with Crippen molar-refractivity contribution in [1.29, 1.82) is 0 Å². The molecule has 28 heavy (non-hydrogen) atoms. The van der Waals surface area contributed by atoms with E-state index in [-0.39, 0.29) is 5.43 Å². The zero-order valence-electron chi connectivity index (χ0n) is 15.2. The molecule has 3 aromatic carbocycles. The zero-order valence-corrected chi connectivity index (χ0v) is 16.7. The molecule has 1 heterocycles. The van der Waals surface area contributed by atoms with Crippen LogP contribution in [-0.4, -0.2) is 4.57 Å². The topological polar surface area (TPSA) is 22.0 Å². The normalized spacial score (nSPS) is 10.8. The highest BCUT2D eigenvalue weighted by molar-refractivity contribution is 6.35. The lowest BCUT2D eigenvalue weighted by atomic mass is 10.0. The lowest BCUT2D eigenvalue weighted by Gasteiger charge is -2.21. The minimum Gasteiger partial charge on any atom is -0.309 e. The Morgan fingerprint density at radius 2 is 1.29 bits per heavy atom. The SMILES string of the molecule is Cc1c(-c2ccccc2)n(-c2ccccc2)c(-c2cc(Cl)cc(Cl)c2)cc1=O. The van der Waals surface area contributed by atoms with E-state index in [0.717, 1.165) is 28.2 Å². The van der Waals surface area contributed by atoms with Gasteiger partial charge in [0.2, 0.25) is 0 Å².